The Morgan fingerprint density at radius 3 is 2.69 bits per heavy atom. The monoisotopic (exact) mass is 226 g/mol. The highest BCUT2D eigenvalue weighted by Crippen LogP contribution is 2.15. The zero-order valence-electron chi connectivity index (χ0n) is 11.4. The Balaban J connectivity index is 2.08. The Kier molecular flexibility index (Phi) is 7.06. The standard InChI is InChI=1S/C14H30N2/c1-4-6-7-13(5-2)9-16-11-14-10-15-8-12(14)3/h12-16H,4-11H2,1-3H3. The van der Waals surface area contributed by atoms with Gasteiger partial charge in [0.1, 0.15) is 0 Å². The van der Waals surface area contributed by atoms with Crippen molar-refractivity contribution in [3.63, 3.8) is 0 Å². The van der Waals surface area contributed by atoms with Gasteiger partial charge in [-0.15, -0.1) is 0 Å². The molecule has 1 rings (SSSR count). The average Bonchev–Trinajstić information content (AvgIpc) is 2.69. The van der Waals surface area contributed by atoms with E-state index in [0.29, 0.717) is 0 Å². The third-order valence-corrected chi connectivity index (χ3v) is 4.06. The van der Waals surface area contributed by atoms with Crippen molar-refractivity contribution in [1.82, 2.24) is 10.6 Å². The van der Waals surface area contributed by atoms with Gasteiger partial charge in [0.25, 0.3) is 0 Å². The molecule has 2 N–H and O–H groups in total. The van der Waals surface area contributed by atoms with Crippen LogP contribution in [0.15, 0.2) is 0 Å². The van der Waals surface area contributed by atoms with Crippen LogP contribution in [0.2, 0.25) is 0 Å². The van der Waals surface area contributed by atoms with E-state index in [9.17, 15) is 0 Å². The molecule has 0 aliphatic carbocycles. The summed E-state index contributed by atoms with van der Waals surface area (Å²) in [4.78, 5) is 0. The normalized spacial score (nSPS) is 27.2. The molecule has 96 valence electrons. The lowest BCUT2D eigenvalue weighted by Gasteiger charge is -2.19. The topological polar surface area (TPSA) is 24.1 Å². The van der Waals surface area contributed by atoms with Crippen LogP contribution < -0.4 is 10.6 Å². The minimum Gasteiger partial charge on any atom is -0.316 e. The van der Waals surface area contributed by atoms with Crippen molar-refractivity contribution in [2.45, 2.75) is 46.5 Å². The zero-order chi connectivity index (χ0) is 11.8. The Labute approximate surface area is 102 Å². The molecule has 0 bridgehead atoms. The van der Waals surface area contributed by atoms with Gasteiger partial charge in [-0.25, -0.2) is 0 Å². The Morgan fingerprint density at radius 2 is 2.12 bits per heavy atom. The molecule has 3 unspecified atom stereocenters. The van der Waals surface area contributed by atoms with E-state index in [0.717, 1.165) is 17.8 Å². The van der Waals surface area contributed by atoms with Crippen molar-refractivity contribution in [3.8, 4) is 0 Å². The first-order valence-electron chi connectivity index (χ1n) is 7.19. The second-order valence-electron chi connectivity index (χ2n) is 5.47. The Hall–Kier alpha value is -0.0800. The highest BCUT2D eigenvalue weighted by molar-refractivity contribution is 4.79. The predicted octanol–water partition coefficient (Wildman–Crippen LogP) is 2.65. The van der Waals surface area contributed by atoms with Gasteiger partial charge in [0.2, 0.25) is 0 Å². The SMILES string of the molecule is CCCCC(CC)CNCC1CNCC1C. The van der Waals surface area contributed by atoms with Gasteiger partial charge in [-0.1, -0.05) is 40.0 Å². The molecule has 0 amide bonds. The first kappa shape index (κ1) is 14.0. The summed E-state index contributed by atoms with van der Waals surface area (Å²) in [6, 6.07) is 0. The number of unbranched alkanes of at least 4 members (excludes halogenated alkanes) is 1. The van der Waals surface area contributed by atoms with Gasteiger partial charge < -0.3 is 10.6 Å². The first-order chi connectivity index (χ1) is 7.77. The maximum atomic E-state index is 3.68. The van der Waals surface area contributed by atoms with E-state index in [2.05, 4.69) is 31.4 Å². The molecule has 1 saturated heterocycles. The summed E-state index contributed by atoms with van der Waals surface area (Å²) < 4.78 is 0. The summed E-state index contributed by atoms with van der Waals surface area (Å²) in [6.45, 7) is 11.8. The fourth-order valence-corrected chi connectivity index (χ4v) is 2.55. The van der Waals surface area contributed by atoms with Crippen LogP contribution in [-0.4, -0.2) is 26.2 Å². The summed E-state index contributed by atoms with van der Waals surface area (Å²) in [6.07, 6.45) is 5.45. The quantitative estimate of drug-likeness (QED) is 0.665. The highest BCUT2D eigenvalue weighted by atomic mass is 14.9. The molecule has 0 saturated carbocycles. The molecule has 0 aromatic rings. The van der Waals surface area contributed by atoms with E-state index in [1.807, 2.05) is 0 Å². The minimum atomic E-state index is 0.850. The summed E-state index contributed by atoms with van der Waals surface area (Å²) in [5.74, 6) is 2.59. The van der Waals surface area contributed by atoms with Crippen molar-refractivity contribution in [2.24, 2.45) is 17.8 Å². The average molecular weight is 226 g/mol. The van der Waals surface area contributed by atoms with E-state index in [1.165, 1.54) is 51.9 Å². The van der Waals surface area contributed by atoms with Gasteiger partial charge in [0.15, 0.2) is 0 Å². The van der Waals surface area contributed by atoms with Crippen molar-refractivity contribution in [1.29, 1.82) is 0 Å². The molecule has 0 aromatic heterocycles. The van der Waals surface area contributed by atoms with E-state index >= 15 is 0 Å². The molecular weight excluding hydrogens is 196 g/mol. The number of hydrogen-bond donors (Lipinski definition) is 2. The summed E-state index contributed by atoms with van der Waals surface area (Å²) in [5.41, 5.74) is 0. The third-order valence-electron chi connectivity index (χ3n) is 4.06. The van der Waals surface area contributed by atoms with Gasteiger partial charge in [-0.2, -0.15) is 0 Å². The van der Waals surface area contributed by atoms with Crippen molar-refractivity contribution >= 4 is 0 Å². The number of rotatable bonds is 8. The van der Waals surface area contributed by atoms with Crippen LogP contribution in [0.5, 0.6) is 0 Å². The lowest BCUT2D eigenvalue weighted by molar-refractivity contribution is 0.372. The molecule has 1 fully saturated rings. The van der Waals surface area contributed by atoms with Crippen molar-refractivity contribution in [3.05, 3.63) is 0 Å². The van der Waals surface area contributed by atoms with E-state index < -0.39 is 0 Å². The third kappa shape index (κ3) is 4.84. The Morgan fingerprint density at radius 1 is 1.31 bits per heavy atom. The van der Waals surface area contributed by atoms with E-state index in [-0.39, 0.29) is 0 Å². The van der Waals surface area contributed by atoms with Crippen LogP contribution in [0.1, 0.15) is 46.5 Å². The molecule has 0 aromatic carbocycles. The summed E-state index contributed by atoms with van der Waals surface area (Å²) in [7, 11) is 0. The van der Waals surface area contributed by atoms with Crippen molar-refractivity contribution in [2.75, 3.05) is 26.2 Å². The van der Waals surface area contributed by atoms with Gasteiger partial charge in [-0.3, -0.25) is 0 Å². The van der Waals surface area contributed by atoms with E-state index in [1.54, 1.807) is 0 Å². The van der Waals surface area contributed by atoms with Crippen molar-refractivity contribution < 1.29 is 0 Å². The Bertz CT molecular complexity index is 170. The van der Waals surface area contributed by atoms with Crippen LogP contribution in [0.4, 0.5) is 0 Å². The van der Waals surface area contributed by atoms with Gasteiger partial charge in [0, 0.05) is 0 Å². The molecule has 0 spiro atoms. The van der Waals surface area contributed by atoms with Crippen LogP contribution in [0.25, 0.3) is 0 Å². The van der Waals surface area contributed by atoms with Gasteiger partial charge >= 0.3 is 0 Å². The fraction of sp³-hybridized carbons (Fsp3) is 1.00. The first-order valence-corrected chi connectivity index (χ1v) is 7.19. The number of nitrogens with one attached hydrogen (secondary N) is 2. The second kappa shape index (κ2) is 8.08. The maximum absolute atomic E-state index is 3.68. The van der Waals surface area contributed by atoms with Crippen LogP contribution >= 0.6 is 0 Å². The van der Waals surface area contributed by atoms with Crippen LogP contribution in [0, 0.1) is 17.8 Å². The molecule has 1 heterocycles. The lowest BCUT2D eigenvalue weighted by atomic mass is 9.96. The molecular formula is C14H30N2. The molecule has 2 heteroatoms. The maximum Gasteiger partial charge on any atom is -0.000523 e. The summed E-state index contributed by atoms with van der Waals surface area (Å²) >= 11 is 0. The largest absolute Gasteiger partial charge is 0.316 e. The molecule has 2 nitrogen and oxygen atoms in total. The fourth-order valence-electron chi connectivity index (χ4n) is 2.55. The highest BCUT2D eigenvalue weighted by Gasteiger charge is 2.22. The van der Waals surface area contributed by atoms with Crippen LogP contribution in [0.3, 0.4) is 0 Å². The van der Waals surface area contributed by atoms with Gasteiger partial charge in [-0.05, 0) is 50.4 Å². The molecule has 1 aliphatic rings. The van der Waals surface area contributed by atoms with Gasteiger partial charge in [0.05, 0.1) is 0 Å². The zero-order valence-corrected chi connectivity index (χ0v) is 11.4. The van der Waals surface area contributed by atoms with E-state index in [4.69, 9.17) is 0 Å². The number of hydrogen-bond acceptors (Lipinski definition) is 2. The second-order valence-corrected chi connectivity index (χ2v) is 5.47. The molecule has 3 atom stereocenters. The lowest BCUT2D eigenvalue weighted by Crippen LogP contribution is -2.30. The molecule has 1 aliphatic heterocycles. The molecule has 16 heavy (non-hydrogen) atoms. The predicted molar refractivity (Wildman–Crippen MR) is 71.7 cm³/mol. The minimum absolute atomic E-state index is 0.850. The van der Waals surface area contributed by atoms with Crippen LogP contribution in [-0.2, 0) is 0 Å². The molecule has 0 radical (unpaired) electrons. The summed E-state index contributed by atoms with van der Waals surface area (Å²) in [5, 5.41) is 7.15. The smallest absolute Gasteiger partial charge is 0.000523 e.